The fraction of sp³-hybridized carbons (Fsp3) is 0.364. The summed E-state index contributed by atoms with van der Waals surface area (Å²) in [6.07, 6.45) is 0. The van der Waals surface area contributed by atoms with Crippen LogP contribution >= 0.6 is 0 Å². The number of rotatable bonds is 6. The highest BCUT2D eigenvalue weighted by Crippen LogP contribution is 2.05. The van der Waals surface area contributed by atoms with Gasteiger partial charge in [-0.05, 0) is 11.1 Å². The molecule has 0 saturated heterocycles. The fourth-order valence-electron chi connectivity index (χ4n) is 1.33. The molecule has 0 saturated carbocycles. The van der Waals surface area contributed by atoms with Crippen molar-refractivity contribution in [3.8, 4) is 0 Å². The summed E-state index contributed by atoms with van der Waals surface area (Å²) in [5, 5.41) is 2.96. The highest BCUT2D eigenvalue weighted by molar-refractivity contribution is 5.75. The molecular weight excluding hydrogens is 192 g/mol. The van der Waals surface area contributed by atoms with Crippen LogP contribution in [0.2, 0.25) is 0 Å². The summed E-state index contributed by atoms with van der Waals surface area (Å²) in [7, 11) is 1.66. The summed E-state index contributed by atoms with van der Waals surface area (Å²) in [5.74, 6) is -0.344. The Hall–Kier alpha value is -1.39. The molecular formula is C11H16N2O2. The molecule has 1 aromatic rings. The van der Waals surface area contributed by atoms with E-state index in [2.05, 4.69) is 5.32 Å². The van der Waals surface area contributed by atoms with E-state index < -0.39 is 0 Å². The van der Waals surface area contributed by atoms with Gasteiger partial charge in [0.05, 0.1) is 13.2 Å². The Bertz CT molecular complexity index is 326. The Morgan fingerprint density at radius 3 is 2.87 bits per heavy atom. The molecule has 0 aliphatic carbocycles. The Morgan fingerprint density at radius 2 is 2.20 bits per heavy atom. The number of nitrogens with two attached hydrogens (primary N) is 1. The van der Waals surface area contributed by atoms with E-state index in [-0.39, 0.29) is 12.5 Å². The number of carbonyl (C=O) groups excluding carboxylic acids is 1. The lowest BCUT2D eigenvalue weighted by molar-refractivity contribution is -0.117. The number of primary amides is 1. The summed E-state index contributed by atoms with van der Waals surface area (Å²) in [4.78, 5) is 10.5. The van der Waals surface area contributed by atoms with Crippen molar-refractivity contribution in [2.45, 2.75) is 13.2 Å². The van der Waals surface area contributed by atoms with Gasteiger partial charge in [-0.1, -0.05) is 24.3 Å². The lowest BCUT2D eigenvalue weighted by Gasteiger charge is -2.05. The van der Waals surface area contributed by atoms with Gasteiger partial charge in [0.25, 0.3) is 0 Å². The summed E-state index contributed by atoms with van der Waals surface area (Å²) in [5.41, 5.74) is 7.25. The first-order chi connectivity index (χ1) is 7.22. The average molecular weight is 208 g/mol. The van der Waals surface area contributed by atoms with Gasteiger partial charge in [-0.25, -0.2) is 0 Å². The minimum absolute atomic E-state index is 0.203. The number of ether oxygens (including phenoxy) is 1. The Kier molecular flexibility index (Phi) is 4.80. The van der Waals surface area contributed by atoms with Crippen LogP contribution in [0.5, 0.6) is 0 Å². The van der Waals surface area contributed by atoms with Crippen molar-refractivity contribution in [2.75, 3.05) is 13.7 Å². The molecule has 15 heavy (non-hydrogen) atoms. The predicted octanol–water partition coefficient (Wildman–Crippen LogP) is 0.408. The van der Waals surface area contributed by atoms with E-state index in [1.165, 1.54) is 0 Å². The first kappa shape index (κ1) is 11.7. The highest BCUT2D eigenvalue weighted by atomic mass is 16.5. The number of benzene rings is 1. The van der Waals surface area contributed by atoms with Crippen LogP contribution in [0.3, 0.4) is 0 Å². The Morgan fingerprint density at radius 1 is 1.47 bits per heavy atom. The van der Waals surface area contributed by atoms with Gasteiger partial charge >= 0.3 is 0 Å². The number of nitrogens with one attached hydrogen (secondary N) is 1. The third kappa shape index (κ3) is 4.58. The molecule has 0 bridgehead atoms. The van der Waals surface area contributed by atoms with Gasteiger partial charge in [-0.15, -0.1) is 0 Å². The molecule has 0 spiro atoms. The van der Waals surface area contributed by atoms with Crippen LogP contribution in [0.25, 0.3) is 0 Å². The number of carbonyl (C=O) groups is 1. The van der Waals surface area contributed by atoms with Crippen LogP contribution in [0.15, 0.2) is 24.3 Å². The minimum Gasteiger partial charge on any atom is -0.380 e. The third-order valence-corrected chi connectivity index (χ3v) is 1.93. The van der Waals surface area contributed by atoms with Gasteiger partial charge < -0.3 is 15.8 Å². The number of hydrogen-bond acceptors (Lipinski definition) is 3. The van der Waals surface area contributed by atoms with Gasteiger partial charge in [-0.3, -0.25) is 4.79 Å². The van der Waals surface area contributed by atoms with E-state index in [1.54, 1.807) is 7.11 Å². The third-order valence-electron chi connectivity index (χ3n) is 1.93. The maximum absolute atomic E-state index is 10.5. The summed E-state index contributed by atoms with van der Waals surface area (Å²) in [6.45, 7) is 1.44. The van der Waals surface area contributed by atoms with Gasteiger partial charge in [-0.2, -0.15) is 0 Å². The van der Waals surface area contributed by atoms with Crippen molar-refractivity contribution < 1.29 is 9.53 Å². The van der Waals surface area contributed by atoms with E-state index in [0.29, 0.717) is 13.2 Å². The molecule has 0 aliphatic heterocycles. The lowest BCUT2D eigenvalue weighted by Crippen LogP contribution is -2.28. The smallest absolute Gasteiger partial charge is 0.231 e. The van der Waals surface area contributed by atoms with Crippen molar-refractivity contribution in [1.82, 2.24) is 5.32 Å². The molecule has 0 fully saturated rings. The molecule has 0 aromatic heterocycles. The molecule has 0 aliphatic rings. The monoisotopic (exact) mass is 208 g/mol. The lowest BCUT2D eigenvalue weighted by atomic mass is 10.1. The fourth-order valence-corrected chi connectivity index (χ4v) is 1.33. The van der Waals surface area contributed by atoms with E-state index in [4.69, 9.17) is 10.5 Å². The first-order valence-electron chi connectivity index (χ1n) is 4.78. The highest BCUT2D eigenvalue weighted by Gasteiger charge is 1.97. The van der Waals surface area contributed by atoms with Gasteiger partial charge in [0, 0.05) is 13.7 Å². The maximum Gasteiger partial charge on any atom is 0.231 e. The normalized spacial score (nSPS) is 10.2. The van der Waals surface area contributed by atoms with Gasteiger partial charge in [0.1, 0.15) is 0 Å². The molecule has 1 amide bonds. The standard InChI is InChI=1S/C11H16N2O2/c1-15-8-10-4-2-3-9(5-10)6-13-7-11(12)14/h2-5,13H,6-8H2,1H3,(H2,12,14). The molecule has 4 heteroatoms. The van der Waals surface area contributed by atoms with E-state index in [9.17, 15) is 4.79 Å². The van der Waals surface area contributed by atoms with E-state index in [1.807, 2.05) is 24.3 Å². The summed E-state index contributed by atoms with van der Waals surface area (Å²) >= 11 is 0. The largest absolute Gasteiger partial charge is 0.380 e. The van der Waals surface area contributed by atoms with Crippen molar-refractivity contribution in [3.63, 3.8) is 0 Å². The molecule has 0 atom stereocenters. The average Bonchev–Trinajstić information content (AvgIpc) is 2.18. The molecule has 1 aromatic carbocycles. The second-order valence-electron chi connectivity index (χ2n) is 3.32. The van der Waals surface area contributed by atoms with Gasteiger partial charge in [0.2, 0.25) is 5.91 Å². The topological polar surface area (TPSA) is 64.3 Å². The number of amides is 1. The van der Waals surface area contributed by atoms with Crippen molar-refractivity contribution in [1.29, 1.82) is 0 Å². The van der Waals surface area contributed by atoms with Crippen molar-refractivity contribution >= 4 is 5.91 Å². The minimum atomic E-state index is -0.344. The summed E-state index contributed by atoms with van der Waals surface area (Å²) < 4.78 is 5.03. The van der Waals surface area contributed by atoms with Crippen LogP contribution in [0.4, 0.5) is 0 Å². The van der Waals surface area contributed by atoms with Crippen molar-refractivity contribution in [3.05, 3.63) is 35.4 Å². The van der Waals surface area contributed by atoms with Gasteiger partial charge in [0.15, 0.2) is 0 Å². The van der Waals surface area contributed by atoms with Crippen LogP contribution in [-0.4, -0.2) is 19.6 Å². The van der Waals surface area contributed by atoms with Crippen LogP contribution in [-0.2, 0) is 22.7 Å². The quantitative estimate of drug-likeness (QED) is 0.711. The van der Waals surface area contributed by atoms with Crippen LogP contribution in [0, 0.1) is 0 Å². The number of methoxy groups -OCH3 is 1. The molecule has 4 nitrogen and oxygen atoms in total. The second kappa shape index (κ2) is 6.16. The molecule has 0 unspecified atom stereocenters. The zero-order valence-electron chi connectivity index (χ0n) is 8.82. The molecule has 0 heterocycles. The zero-order chi connectivity index (χ0) is 11.1. The van der Waals surface area contributed by atoms with E-state index >= 15 is 0 Å². The SMILES string of the molecule is COCc1cccc(CNCC(N)=O)c1. The second-order valence-corrected chi connectivity index (χ2v) is 3.32. The van der Waals surface area contributed by atoms with Crippen LogP contribution in [0.1, 0.15) is 11.1 Å². The van der Waals surface area contributed by atoms with E-state index in [0.717, 1.165) is 11.1 Å². The zero-order valence-corrected chi connectivity index (χ0v) is 8.82. The van der Waals surface area contributed by atoms with Crippen LogP contribution < -0.4 is 11.1 Å². The molecule has 82 valence electrons. The Labute approximate surface area is 89.4 Å². The molecule has 0 radical (unpaired) electrons. The molecule has 3 N–H and O–H groups in total. The summed E-state index contributed by atoms with van der Waals surface area (Å²) in [6, 6.07) is 8.00. The maximum atomic E-state index is 10.5. The van der Waals surface area contributed by atoms with Crippen molar-refractivity contribution in [2.24, 2.45) is 5.73 Å². The Balaban J connectivity index is 2.46. The first-order valence-corrected chi connectivity index (χ1v) is 4.78. The molecule has 1 rings (SSSR count). The number of hydrogen-bond donors (Lipinski definition) is 2. The predicted molar refractivity (Wildman–Crippen MR) is 58.1 cm³/mol.